The molecular weight excluding hydrogens is 270 g/mol. The number of carbonyl (C=O) groups is 1. The predicted molar refractivity (Wildman–Crippen MR) is 79.9 cm³/mol. The number of benzene rings is 1. The molecule has 1 aromatic rings. The van der Waals surface area contributed by atoms with Crippen molar-refractivity contribution in [1.82, 2.24) is 10.6 Å². The molecule has 1 unspecified atom stereocenters. The molecule has 1 aliphatic rings. The molecule has 1 atom stereocenters. The van der Waals surface area contributed by atoms with Crippen LogP contribution in [0, 0.1) is 10.1 Å². The number of carbonyl (C=O) groups excluding carboxylic acids is 1. The first-order valence-corrected chi connectivity index (χ1v) is 7.18. The van der Waals surface area contributed by atoms with Crippen LogP contribution >= 0.6 is 0 Å². The van der Waals surface area contributed by atoms with Crippen LogP contribution in [0.5, 0.6) is 0 Å². The van der Waals surface area contributed by atoms with Crippen molar-refractivity contribution in [2.45, 2.75) is 44.7 Å². The van der Waals surface area contributed by atoms with E-state index in [1.54, 1.807) is 12.1 Å². The van der Waals surface area contributed by atoms with Crippen LogP contribution in [0.3, 0.4) is 0 Å². The fourth-order valence-electron chi connectivity index (χ4n) is 2.63. The van der Waals surface area contributed by atoms with Gasteiger partial charge in [0.25, 0.3) is 5.69 Å². The van der Waals surface area contributed by atoms with Crippen molar-refractivity contribution in [1.29, 1.82) is 0 Å². The summed E-state index contributed by atoms with van der Waals surface area (Å²) in [7, 11) is 0. The quantitative estimate of drug-likeness (QED) is 0.642. The third kappa shape index (κ3) is 4.01. The van der Waals surface area contributed by atoms with Gasteiger partial charge in [-0.1, -0.05) is 0 Å². The number of nitrogens with one attached hydrogen (secondary N) is 2. The van der Waals surface area contributed by atoms with E-state index in [4.69, 9.17) is 0 Å². The number of non-ortho nitro benzene ring substituents is 1. The fourth-order valence-corrected chi connectivity index (χ4v) is 2.63. The first-order chi connectivity index (χ1) is 9.88. The summed E-state index contributed by atoms with van der Waals surface area (Å²) in [4.78, 5) is 22.3. The van der Waals surface area contributed by atoms with Gasteiger partial charge in [-0.3, -0.25) is 14.9 Å². The van der Waals surface area contributed by atoms with Crippen molar-refractivity contribution in [3.63, 3.8) is 0 Å². The smallest absolute Gasteiger partial charge is 0.269 e. The van der Waals surface area contributed by atoms with Crippen LogP contribution in [0.25, 0.3) is 0 Å². The second-order valence-corrected chi connectivity index (χ2v) is 5.97. The Morgan fingerprint density at radius 1 is 1.43 bits per heavy atom. The second-order valence-electron chi connectivity index (χ2n) is 5.97. The average Bonchev–Trinajstić information content (AvgIpc) is 2.90. The standard InChI is InChI=1S/C15H21N3O3/c1-15(2,11-5-7-13(8-6-11)18(20)21)17-14(19)10-12-4-3-9-16-12/h5-8,12,16H,3-4,9-10H2,1-2H3,(H,17,19). The van der Waals surface area contributed by atoms with Gasteiger partial charge in [0.2, 0.25) is 5.91 Å². The first-order valence-electron chi connectivity index (χ1n) is 7.18. The van der Waals surface area contributed by atoms with E-state index in [9.17, 15) is 14.9 Å². The van der Waals surface area contributed by atoms with Gasteiger partial charge in [0.15, 0.2) is 0 Å². The maximum Gasteiger partial charge on any atom is 0.269 e. The molecule has 0 aromatic heterocycles. The molecule has 0 radical (unpaired) electrons. The monoisotopic (exact) mass is 291 g/mol. The molecule has 0 aliphatic carbocycles. The number of hydrogen-bond acceptors (Lipinski definition) is 4. The normalized spacial score (nSPS) is 18.5. The third-order valence-electron chi connectivity index (χ3n) is 3.85. The molecule has 1 fully saturated rings. The zero-order valence-corrected chi connectivity index (χ0v) is 12.4. The summed E-state index contributed by atoms with van der Waals surface area (Å²) in [5.74, 6) is -0.00208. The summed E-state index contributed by atoms with van der Waals surface area (Å²) < 4.78 is 0. The Bertz CT molecular complexity index is 519. The summed E-state index contributed by atoms with van der Waals surface area (Å²) in [5.41, 5.74) is 0.349. The first kappa shape index (κ1) is 15.4. The van der Waals surface area contributed by atoms with Crippen LogP contribution in [-0.2, 0) is 10.3 Å². The molecule has 1 aliphatic heterocycles. The third-order valence-corrected chi connectivity index (χ3v) is 3.85. The van der Waals surface area contributed by atoms with Gasteiger partial charge < -0.3 is 10.6 Å². The zero-order valence-electron chi connectivity index (χ0n) is 12.4. The number of amides is 1. The minimum absolute atomic E-state index is 0.00208. The Kier molecular flexibility index (Phi) is 4.57. The van der Waals surface area contributed by atoms with E-state index in [0.717, 1.165) is 24.9 Å². The van der Waals surface area contributed by atoms with E-state index >= 15 is 0 Å². The Morgan fingerprint density at radius 3 is 2.62 bits per heavy atom. The number of nitro groups is 1. The summed E-state index contributed by atoms with van der Waals surface area (Å²) in [5, 5.41) is 17.0. The van der Waals surface area contributed by atoms with Gasteiger partial charge in [0.1, 0.15) is 0 Å². The second kappa shape index (κ2) is 6.22. The predicted octanol–water partition coefficient (Wildman–Crippen LogP) is 2.09. The molecule has 114 valence electrons. The van der Waals surface area contributed by atoms with E-state index in [2.05, 4.69) is 10.6 Å². The molecule has 21 heavy (non-hydrogen) atoms. The fraction of sp³-hybridized carbons (Fsp3) is 0.533. The number of rotatable bonds is 5. The molecule has 2 rings (SSSR count). The molecule has 1 saturated heterocycles. The lowest BCUT2D eigenvalue weighted by molar-refractivity contribution is -0.384. The van der Waals surface area contributed by atoms with E-state index in [1.807, 2.05) is 13.8 Å². The largest absolute Gasteiger partial charge is 0.347 e. The van der Waals surface area contributed by atoms with Crippen molar-refractivity contribution in [3.05, 3.63) is 39.9 Å². The van der Waals surface area contributed by atoms with Gasteiger partial charge in [-0.2, -0.15) is 0 Å². The average molecular weight is 291 g/mol. The van der Waals surface area contributed by atoms with E-state index in [0.29, 0.717) is 6.42 Å². The molecule has 1 amide bonds. The van der Waals surface area contributed by atoms with Crippen LogP contribution < -0.4 is 10.6 Å². The van der Waals surface area contributed by atoms with Crippen molar-refractivity contribution >= 4 is 11.6 Å². The molecule has 1 aromatic carbocycles. The minimum atomic E-state index is -0.551. The van der Waals surface area contributed by atoms with Crippen LogP contribution in [0.2, 0.25) is 0 Å². The van der Waals surface area contributed by atoms with Crippen molar-refractivity contribution < 1.29 is 9.72 Å². The Balaban J connectivity index is 1.99. The van der Waals surface area contributed by atoms with E-state index < -0.39 is 10.5 Å². The van der Waals surface area contributed by atoms with Crippen LogP contribution in [0.4, 0.5) is 5.69 Å². The van der Waals surface area contributed by atoms with E-state index in [-0.39, 0.29) is 17.6 Å². The topological polar surface area (TPSA) is 84.3 Å². The van der Waals surface area contributed by atoms with Gasteiger partial charge in [-0.15, -0.1) is 0 Å². The highest BCUT2D eigenvalue weighted by atomic mass is 16.6. The minimum Gasteiger partial charge on any atom is -0.347 e. The highest BCUT2D eigenvalue weighted by Crippen LogP contribution is 2.23. The molecule has 0 saturated carbocycles. The van der Waals surface area contributed by atoms with Crippen LogP contribution in [0.15, 0.2) is 24.3 Å². The van der Waals surface area contributed by atoms with Crippen LogP contribution in [-0.4, -0.2) is 23.4 Å². The summed E-state index contributed by atoms with van der Waals surface area (Å²) >= 11 is 0. The molecular formula is C15H21N3O3. The number of nitrogens with zero attached hydrogens (tertiary/aromatic N) is 1. The molecule has 2 N–H and O–H groups in total. The maximum absolute atomic E-state index is 12.1. The van der Waals surface area contributed by atoms with Crippen molar-refractivity contribution in [2.24, 2.45) is 0 Å². The Morgan fingerprint density at radius 2 is 2.10 bits per heavy atom. The number of nitro benzene ring substituents is 1. The SMILES string of the molecule is CC(C)(NC(=O)CC1CCCN1)c1ccc([N+](=O)[O-])cc1. The maximum atomic E-state index is 12.1. The van der Waals surface area contributed by atoms with Crippen molar-refractivity contribution in [2.75, 3.05) is 6.54 Å². The lowest BCUT2D eigenvalue weighted by Crippen LogP contribution is -2.43. The summed E-state index contributed by atoms with van der Waals surface area (Å²) in [6.45, 7) is 4.77. The molecule has 0 spiro atoms. The van der Waals surface area contributed by atoms with Gasteiger partial charge in [0, 0.05) is 24.6 Å². The van der Waals surface area contributed by atoms with Gasteiger partial charge in [-0.25, -0.2) is 0 Å². The lowest BCUT2D eigenvalue weighted by atomic mass is 9.93. The van der Waals surface area contributed by atoms with Crippen LogP contribution in [0.1, 0.15) is 38.7 Å². The zero-order chi connectivity index (χ0) is 15.5. The molecule has 0 bridgehead atoms. The van der Waals surface area contributed by atoms with E-state index in [1.165, 1.54) is 12.1 Å². The summed E-state index contributed by atoms with van der Waals surface area (Å²) in [6, 6.07) is 6.56. The number of hydrogen-bond donors (Lipinski definition) is 2. The van der Waals surface area contributed by atoms with Gasteiger partial charge >= 0.3 is 0 Å². The Labute approximate surface area is 124 Å². The lowest BCUT2D eigenvalue weighted by Gasteiger charge is -2.27. The highest BCUT2D eigenvalue weighted by Gasteiger charge is 2.25. The molecule has 6 nitrogen and oxygen atoms in total. The molecule has 1 heterocycles. The van der Waals surface area contributed by atoms with Crippen molar-refractivity contribution in [3.8, 4) is 0 Å². The van der Waals surface area contributed by atoms with Gasteiger partial charge in [0.05, 0.1) is 10.5 Å². The summed E-state index contributed by atoms with van der Waals surface area (Å²) in [6.07, 6.45) is 2.62. The molecule has 6 heteroatoms. The van der Waals surface area contributed by atoms with Gasteiger partial charge in [-0.05, 0) is 50.9 Å². The Hall–Kier alpha value is -1.95. The highest BCUT2D eigenvalue weighted by molar-refractivity contribution is 5.77.